The molecule has 31 heavy (non-hydrogen) atoms. The molecule has 0 saturated carbocycles. The summed E-state index contributed by atoms with van der Waals surface area (Å²) in [6.07, 6.45) is 1.15. The number of aromatic carboxylic acids is 1. The lowest BCUT2D eigenvalue weighted by Crippen LogP contribution is -2.39. The quantitative estimate of drug-likeness (QED) is 0.632. The van der Waals surface area contributed by atoms with E-state index in [0.29, 0.717) is 39.8 Å². The number of piperidine rings is 1. The number of rotatable bonds is 4. The van der Waals surface area contributed by atoms with Crippen molar-refractivity contribution < 1.29 is 19.1 Å². The van der Waals surface area contributed by atoms with Gasteiger partial charge >= 0.3 is 5.97 Å². The van der Waals surface area contributed by atoms with Crippen molar-refractivity contribution in [2.75, 3.05) is 23.3 Å². The molecular weight excluding hydrogens is 397 g/mol. The summed E-state index contributed by atoms with van der Waals surface area (Å²) in [7, 11) is 0. The Morgan fingerprint density at radius 2 is 1.74 bits per heavy atom. The summed E-state index contributed by atoms with van der Waals surface area (Å²) < 4.78 is 13.1. The number of halogens is 1. The van der Waals surface area contributed by atoms with E-state index in [2.05, 4.69) is 24.1 Å². The van der Waals surface area contributed by atoms with Crippen molar-refractivity contribution in [1.82, 2.24) is 4.98 Å². The van der Waals surface area contributed by atoms with Gasteiger partial charge in [-0.05, 0) is 66.8 Å². The zero-order chi connectivity index (χ0) is 22.1. The van der Waals surface area contributed by atoms with E-state index in [4.69, 9.17) is 4.98 Å². The van der Waals surface area contributed by atoms with E-state index in [1.165, 1.54) is 24.3 Å². The van der Waals surface area contributed by atoms with E-state index in [1.807, 2.05) is 0 Å². The zero-order valence-corrected chi connectivity index (χ0v) is 17.4. The number of nitrogens with one attached hydrogen (secondary N) is 1. The SMILES string of the molecule is CC1CC(C)CN(c2cc(C(=O)O)c3cc(NC(=O)c4ccc(F)cc4)ccc3n2)C1. The van der Waals surface area contributed by atoms with Crippen LogP contribution < -0.4 is 10.2 Å². The Hall–Kier alpha value is -3.48. The number of benzene rings is 2. The first-order valence-corrected chi connectivity index (χ1v) is 10.3. The van der Waals surface area contributed by atoms with E-state index < -0.39 is 17.7 Å². The van der Waals surface area contributed by atoms with Gasteiger partial charge in [-0.2, -0.15) is 0 Å². The molecule has 0 aliphatic carbocycles. The monoisotopic (exact) mass is 421 g/mol. The van der Waals surface area contributed by atoms with Gasteiger partial charge in [0.2, 0.25) is 0 Å². The van der Waals surface area contributed by atoms with Gasteiger partial charge in [0.05, 0.1) is 11.1 Å². The molecule has 2 aromatic carbocycles. The first-order chi connectivity index (χ1) is 14.8. The van der Waals surface area contributed by atoms with E-state index in [9.17, 15) is 19.1 Å². The van der Waals surface area contributed by atoms with Crippen LogP contribution >= 0.6 is 0 Å². The molecule has 2 heterocycles. The lowest BCUT2D eigenvalue weighted by atomic mass is 9.92. The molecule has 1 saturated heterocycles. The number of hydrogen-bond acceptors (Lipinski definition) is 4. The van der Waals surface area contributed by atoms with Crippen molar-refractivity contribution in [1.29, 1.82) is 0 Å². The van der Waals surface area contributed by atoms with Gasteiger partial charge in [0, 0.05) is 29.7 Å². The molecule has 1 aromatic heterocycles. The molecule has 160 valence electrons. The van der Waals surface area contributed by atoms with Crippen LogP contribution in [0.2, 0.25) is 0 Å². The second-order valence-corrected chi connectivity index (χ2v) is 8.38. The number of pyridine rings is 1. The van der Waals surface area contributed by atoms with Crippen LogP contribution in [0.4, 0.5) is 15.9 Å². The number of carboxylic acids is 1. The molecular formula is C24H24FN3O3. The summed E-state index contributed by atoms with van der Waals surface area (Å²) in [5.41, 5.74) is 1.45. The summed E-state index contributed by atoms with van der Waals surface area (Å²) in [5, 5.41) is 13.0. The van der Waals surface area contributed by atoms with Crippen LogP contribution in [-0.4, -0.2) is 35.1 Å². The summed E-state index contributed by atoms with van der Waals surface area (Å²) in [6, 6.07) is 11.8. The van der Waals surface area contributed by atoms with Crippen LogP contribution in [0, 0.1) is 17.7 Å². The van der Waals surface area contributed by atoms with Crippen LogP contribution in [0.15, 0.2) is 48.5 Å². The third-order valence-corrected chi connectivity index (χ3v) is 5.58. The minimum atomic E-state index is -1.05. The average Bonchev–Trinajstić information content (AvgIpc) is 2.72. The Balaban J connectivity index is 1.67. The predicted octanol–water partition coefficient (Wildman–Crippen LogP) is 4.81. The van der Waals surface area contributed by atoms with Crippen molar-refractivity contribution in [3.8, 4) is 0 Å². The van der Waals surface area contributed by atoms with Gasteiger partial charge in [-0.3, -0.25) is 4.79 Å². The summed E-state index contributed by atoms with van der Waals surface area (Å²) >= 11 is 0. The van der Waals surface area contributed by atoms with Gasteiger partial charge in [-0.1, -0.05) is 13.8 Å². The highest BCUT2D eigenvalue weighted by molar-refractivity contribution is 6.08. The number of aromatic nitrogens is 1. The molecule has 2 N–H and O–H groups in total. The molecule has 0 bridgehead atoms. The lowest BCUT2D eigenvalue weighted by molar-refractivity contribution is 0.0698. The standard InChI is InChI=1S/C24H24FN3O3/c1-14-9-15(2)13-28(12-14)22-11-20(24(30)31)19-10-18(7-8-21(19)27-22)26-23(29)16-3-5-17(25)6-4-16/h3-8,10-11,14-15H,9,12-13H2,1-2H3,(H,26,29)(H,30,31). The van der Waals surface area contributed by atoms with Crippen LogP contribution in [0.1, 0.15) is 41.0 Å². The predicted molar refractivity (Wildman–Crippen MR) is 118 cm³/mol. The number of carbonyl (C=O) groups is 2. The van der Waals surface area contributed by atoms with Crippen LogP contribution in [0.5, 0.6) is 0 Å². The summed E-state index contributed by atoms with van der Waals surface area (Å²) in [5.74, 6) is -0.192. The van der Waals surface area contributed by atoms with Crippen molar-refractivity contribution in [3.05, 3.63) is 65.5 Å². The van der Waals surface area contributed by atoms with Gasteiger partial charge in [0.25, 0.3) is 5.91 Å². The fraction of sp³-hybridized carbons (Fsp3) is 0.292. The normalized spacial score (nSPS) is 18.7. The van der Waals surface area contributed by atoms with Crippen LogP contribution in [0.25, 0.3) is 10.9 Å². The van der Waals surface area contributed by atoms with Gasteiger partial charge in [-0.15, -0.1) is 0 Å². The number of carbonyl (C=O) groups excluding carboxylic acids is 1. The van der Waals surface area contributed by atoms with Crippen molar-refractivity contribution in [2.45, 2.75) is 20.3 Å². The molecule has 1 fully saturated rings. The highest BCUT2D eigenvalue weighted by Gasteiger charge is 2.24. The number of amides is 1. The Morgan fingerprint density at radius 1 is 1.06 bits per heavy atom. The highest BCUT2D eigenvalue weighted by Crippen LogP contribution is 2.30. The summed E-state index contributed by atoms with van der Waals surface area (Å²) in [6.45, 7) is 6.07. The zero-order valence-electron chi connectivity index (χ0n) is 17.4. The Morgan fingerprint density at radius 3 is 2.39 bits per heavy atom. The third-order valence-electron chi connectivity index (χ3n) is 5.58. The molecule has 1 amide bonds. The number of hydrogen-bond donors (Lipinski definition) is 2. The summed E-state index contributed by atoms with van der Waals surface area (Å²) in [4.78, 5) is 31.3. The van der Waals surface area contributed by atoms with E-state index in [1.54, 1.807) is 24.3 Å². The van der Waals surface area contributed by atoms with Gasteiger partial charge < -0.3 is 15.3 Å². The first kappa shape index (κ1) is 20.8. The minimum absolute atomic E-state index is 0.142. The van der Waals surface area contributed by atoms with Crippen molar-refractivity contribution >= 4 is 34.3 Å². The molecule has 3 aromatic rings. The second-order valence-electron chi connectivity index (χ2n) is 8.38. The Labute approximate surface area is 179 Å². The van der Waals surface area contributed by atoms with E-state index in [-0.39, 0.29) is 5.56 Å². The molecule has 2 atom stereocenters. The molecule has 7 heteroatoms. The fourth-order valence-corrected chi connectivity index (χ4v) is 4.28. The maximum Gasteiger partial charge on any atom is 0.336 e. The smallest absolute Gasteiger partial charge is 0.336 e. The number of nitrogens with zero attached hydrogens (tertiary/aromatic N) is 2. The molecule has 1 aliphatic rings. The Bertz CT molecular complexity index is 1140. The number of anilines is 2. The van der Waals surface area contributed by atoms with Crippen LogP contribution in [0.3, 0.4) is 0 Å². The molecule has 1 aliphatic heterocycles. The maximum absolute atomic E-state index is 13.1. The lowest BCUT2D eigenvalue weighted by Gasteiger charge is -2.36. The van der Waals surface area contributed by atoms with Crippen molar-refractivity contribution in [2.24, 2.45) is 11.8 Å². The molecule has 4 rings (SSSR count). The van der Waals surface area contributed by atoms with Crippen molar-refractivity contribution in [3.63, 3.8) is 0 Å². The van der Waals surface area contributed by atoms with Gasteiger partial charge in [0.15, 0.2) is 0 Å². The largest absolute Gasteiger partial charge is 0.478 e. The van der Waals surface area contributed by atoms with Crippen LogP contribution in [-0.2, 0) is 0 Å². The molecule has 0 spiro atoms. The first-order valence-electron chi connectivity index (χ1n) is 10.3. The number of carboxylic acid groups (broad SMARTS) is 1. The van der Waals surface area contributed by atoms with Gasteiger partial charge in [0.1, 0.15) is 11.6 Å². The maximum atomic E-state index is 13.1. The van der Waals surface area contributed by atoms with E-state index >= 15 is 0 Å². The molecule has 2 unspecified atom stereocenters. The average molecular weight is 421 g/mol. The van der Waals surface area contributed by atoms with E-state index in [0.717, 1.165) is 19.5 Å². The Kier molecular flexibility index (Phi) is 5.59. The topological polar surface area (TPSA) is 82.5 Å². The highest BCUT2D eigenvalue weighted by atomic mass is 19.1. The second kappa shape index (κ2) is 8.34. The van der Waals surface area contributed by atoms with Gasteiger partial charge in [-0.25, -0.2) is 14.2 Å². The molecule has 0 radical (unpaired) electrons. The fourth-order valence-electron chi connectivity index (χ4n) is 4.28. The third kappa shape index (κ3) is 4.50. The molecule has 6 nitrogen and oxygen atoms in total. The minimum Gasteiger partial charge on any atom is -0.478 e. The number of fused-ring (bicyclic) bond motifs is 1.